The van der Waals surface area contributed by atoms with Crippen LogP contribution in [0, 0.1) is 0 Å². The van der Waals surface area contributed by atoms with E-state index in [4.69, 9.17) is 5.73 Å². The molecule has 1 aliphatic rings. The van der Waals surface area contributed by atoms with Gasteiger partial charge in [0.05, 0.1) is 6.04 Å². The van der Waals surface area contributed by atoms with Crippen LogP contribution in [0.3, 0.4) is 0 Å². The molecular formula is C7H14F2N2. The van der Waals surface area contributed by atoms with Gasteiger partial charge in [0.1, 0.15) is 0 Å². The first-order chi connectivity index (χ1) is 5.17. The summed E-state index contributed by atoms with van der Waals surface area (Å²) in [6.07, 6.45) is 1.22. The van der Waals surface area contributed by atoms with Crippen LogP contribution >= 0.6 is 0 Å². The quantitative estimate of drug-likeness (QED) is 0.645. The molecule has 1 atom stereocenters. The largest absolute Gasteiger partial charge is 0.329 e. The van der Waals surface area contributed by atoms with Gasteiger partial charge < -0.3 is 11.1 Å². The molecule has 1 rings (SSSR count). The van der Waals surface area contributed by atoms with Crippen LogP contribution in [-0.2, 0) is 0 Å². The van der Waals surface area contributed by atoms with Gasteiger partial charge in [-0.1, -0.05) is 0 Å². The maximum absolute atomic E-state index is 12.8. The molecule has 1 aliphatic carbocycles. The fourth-order valence-electron chi connectivity index (χ4n) is 1.44. The van der Waals surface area contributed by atoms with Gasteiger partial charge in [-0.05, 0) is 12.8 Å². The topological polar surface area (TPSA) is 38.0 Å². The summed E-state index contributed by atoms with van der Waals surface area (Å²) in [6.45, 7) is 0.910. The van der Waals surface area contributed by atoms with Gasteiger partial charge in [-0.15, -0.1) is 0 Å². The Morgan fingerprint density at radius 1 is 1.55 bits per heavy atom. The maximum atomic E-state index is 12.8. The first kappa shape index (κ1) is 8.87. The third-order valence-electron chi connectivity index (χ3n) is 2.05. The van der Waals surface area contributed by atoms with E-state index in [0.29, 0.717) is 25.9 Å². The number of alkyl halides is 2. The third-order valence-corrected chi connectivity index (χ3v) is 2.05. The highest BCUT2D eigenvalue weighted by molar-refractivity contribution is 4.89. The first-order valence-corrected chi connectivity index (χ1v) is 3.98. The highest BCUT2D eigenvalue weighted by Gasteiger charge is 2.43. The van der Waals surface area contributed by atoms with Crippen LogP contribution in [0.5, 0.6) is 0 Å². The van der Waals surface area contributed by atoms with Crippen LogP contribution in [0.25, 0.3) is 0 Å². The van der Waals surface area contributed by atoms with E-state index >= 15 is 0 Å². The van der Waals surface area contributed by atoms with Crippen molar-refractivity contribution in [2.24, 2.45) is 5.73 Å². The Hall–Kier alpha value is -0.220. The summed E-state index contributed by atoms with van der Waals surface area (Å²) >= 11 is 0. The highest BCUT2D eigenvalue weighted by Crippen LogP contribution is 2.34. The van der Waals surface area contributed by atoms with Gasteiger partial charge in [0.15, 0.2) is 0 Å². The van der Waals surface area contributed by atoms with Gasteiger partial charge in [-0.2, -0.15) is 0 Å². The lowest BCUT2D eigenvalue weighted by Crippen LogP contribution is -2.42. The van der Waals surface area contributed by atoms with E-state index in [0.717, 1.165) is 0 Å². The second-order valence-electron chi connectivity index (χ2n) is 2.95. The lowest BCUT2D eigenvalue weighted by atomic mass is 10.2. The predicted molar refractivity (Wildman–Crippen MR) is 39.6 cm³/mol. The molecule has 0 heterocycles. The Morgan fingerprint density at radius 2 is 2.27 bits per heavy atom. The lowest BCUT2D eigenvalue weighted by Gasteiger charge is -2.19. The number of nitrogens with two attached hydrogens (primary N) is 1. The molecule has 0 aromatic rings. The number of hydrogen-bond donors (Lipinski definition) is 2. The summed E-state index contributed by atoms with van der Waals surface area (Å²) in [5.74, 6) is -2.50. The lowest BCUT2D eigenvalue weighted by molar-refractivity contribution is -0.0174. The molecule has 1 saturated carbocycles. The predicted octanol–water partition coefficient (Wildman–Crippen LogP) is 0.722. The third kappa shape index (κ3) is 2.10. The van der Waals surface area contributed by atoms with Crippen LogP contribution in [0.2, 0.25) is 0 Å². The second-order valence-corrected chi connectivity index (χ2v) is 2.95. The minimum absolute atomic E-state index is 0.0231. The van der Waals surface area contributed by atoms with E-state index in [9.17, 15) is 8.78 Å². The Bertz CT molecular complexity index is 128. The van der Waals surface area contributed by atoms with Gasteiger partial charge in [-0.25, -0.2) is 8.78 Å². The molecule has 2 nitrogen and oxygen atoms in total. The van der Waals surface area contributed by atoms with E-state index in [1.165, 1.54) is 0 Å². The molecular weight excluding hydrogens is 150 g/mol. The molecule has 3 N–H and O–H groups in total. The van der Waals surface area contributed by atoms with Crippen molar-refractivity contribution in [1.29, 1.82) is 0 Å². The molecule has 4 heteroatoms. The molecule has 0 aliphatic heterocycles. The number of halogens is 2. The van der Waals surface area contributed by atoms with E-state index in [1.54, 1.807) is 0 Å². The molecule has 0 aromatic carbocycles. The van der Waals surface area contributed by atoms with Crippen molar-refractivity contribution in [1.82, 2.24) is 5.32 Å². The van der Waals surface area contributed by atoms with Crippen LogP contribution in [-0.4, -0.2) is 25.1 Å². The van der Waals surface area contributed by atoms with Crippen LogP contribution in [0.4, 0.5) is 8.78 Å². The van der Waals surface area contributed by atoms with Crippen molar-refractivity contribution in [3.63, 3.8) is 0 Å². The monoisotopic (exact) mass is 164 g/mol. The van der Waals surface area contributed by atoms with Gasteiger partial charge >= 0.3 is 0 Å². The molecule has 1 unspecified atom stereocenters. The van der Waals surface area contributed by atoms with Crippen molar-refractivity contribution >= 4 is 0 Å². The normalized spacial score (nSPS) is 29.2. The Morgan fingerprint density at radius 3 is 2.73 bits per heavy atom. The molecule has 0 amide bonds. The molecule has 0 saturated heterocycles. The van der Waals surface area contributed by atoms with Gasteiger partial charge in [-0.3, -0.25) is 0 Å². The highest BCUT2D eigenvalue weighted by atomic mass is 19.3. The summed E-state index contributed by atoms with van der Waals surface area (Å²) in [4.78, 5) is 0. The first-order valence-electron chi connectivity index (χ1n) is 3.98. The fraction of sp³-hybridized carbons (Fsp3) is 1.00. The summed E-state index contributed by atoms with van der Waals surface area (Å²) in [6, 6.07) is -0.633. The summed E-state index contributed by atoms with van der Waals surface area (Å²) in [5, 5.41) is 2.75. The molecule has 0 radical (unpaired) electrons. The molecule has 11 heavy (non-hydrogen) atoms. The summed E-state index contributed by atoms with van der Waals surface area (Å²) < 4.78 is 25.7. The van der Waals surface area contributed by atoms with Crippen molar-refractivity contribution < 1.29 is 8.78 Å². The van der Waals surface area contributed by atoms with Crippen molar-refractivity contribution in [2.45, 2.75) is 31.2 Å². The van der Waals surface area contributed by atoms with E-state index < -0.39 is 12.0 Å². The van der Waals surface area contributed by atoms with E-state index in [-0.39, 0.29) is 6.42 Å². The number of rotatable bonds is 3. The Labute approximate surface area is 65.1 Å². The Kier molecular flexibility index (Phi) is 2.78. The second kappa shape index (κ2) is 3.45. The smallest absolute Gasteiger partial charge is 0.263 e. The van der Waals surface area contributed by atoms with Crippen LogP contribution in [0.1, 0.15) is 19.3 Å². The molecule has 0 spiro atoms. The summed E-state index contributed by atoms with van der Waals surface area (Å²) in [7, 11) is 0. The fourth-order valence-corrected chi connectivity index (χ4v) is 1.44. The van der Waals surface area contributed by atoms with Gasteiger partial charge in [0, 0.05) is 19.5 Å². The Balaban J connectivity index is 2.32. The van der Waals surface area contributed by atoms with E-state index in [2.05, 4.69) is 5.32 Å². The maximum Gasteiger partial charge on any atom is 0.263 e. The molecule has 0 bridgehead atoms. The van der Waals surface area contributed by atoms with Crippen molar-refractivity contribution in [3.8, 4) is 0 Å². The van der Waals surface area contributed by atoms with Crippen LogP contribution < -0.4 is 11.1 Å². The molecule has 1 fully saturated rings. The van der Waals surface area contributed by atoms with E-state index in [1.807, 2.05) is 0 Å². The number of nitrogens with one attached hydrogen (secondary N) is 1. The zero-order chi connectivity index (χ0) is 8.32. The number of hydrogen-bond acceptors (Lipinski definition) is 2. The van der Waals surface area contributed by atoms with Crippen molar-refractivity contribution in [3.05, 3.63) is 0 Å². The minimum Gasteiger partial charge on any atom is -0.329 e. The SMILES string of the molecule is NCCNC1CCCC1(F)F. The summed E-state index contributed by atoms with van der Waals surface area (Å²) in [5.41, 5.74) is 5.19. The molecule has 66 valence electrons. The van der Waals surface area contributed by atoms with Gasteiger partial charge in [0.2, 0.25) is 0 Å². The standard InChI is InChI=1S/C7H14F2N2/c8-7(9)3-1-2-6(7)11-5-4-10/h6,11H,1-5,10H2. The minimum atomic E-state index is -2.50. The van der Waals surface area contributed by atoms with Gasteiger partial charge in [0.25, 0.3) is 5.92 Å². The molecule has 0 aromatic heterocycles. The van der Waals surface area contributed by atoms with Crippen molar-refractivity contribution in [2.75, 3.05) is 13.1 Å². The average molecular weight is 164 g/mol. The zero-order valence-electron chi connectivity index (χ0n) is 6.45. The average Bonchev–Trinajstić information content (AvgIpc) is 2.25. The zero-order valence-corrected chi connectivity index (χ0v) is 6.45. The van der Waals surface area contributed by atoms with Crippen LogP contribution in [0.15, 0.2) is 0 Å².